The number of hydrogen-bond acceptors (Lipinski definition) is 5. The van der Waals surface area contributed by atoms with E-state index in [1.54, 1.807) is 6.21 Å². The summed E-state index contributed by atoms with van der Waals surface area (Å²) < 4.78 is 13.1. The molecule has 7 heteroatoms. The maximum atomic E-state index is 5.60. The Balaban J connectivity index is 1.63. The van der Waals surface area contributed by atoms with Crippen LogP contribution in [0, 0.1) is 4.77 Å². The Morgan fingerprint density at radius 3 is 2.90 bits per heavy atom. The number of benzene rings is 1. The van der Waals surface area contributed by atoms with E-state index < -0.39 is 0 Å². The molecule has 0 aliphatic rings. The molecule has 1 N–H and O–H groups in total. The molecule has 0 amide bonds. The Kier molecular flexibility index (Phi) is 3.92. The molecule has 0 unspecified atom stereocenters. The molecule has 106 valence electrons. The first kappa shape index (κ1) is 13.3. The molecule has 3 aromatic rings. The zero-order chi connectivity index (χ0) is 14.5. The summed E-state index contributed by atoms with van der Waals surface area (Å²) in [7, 11) is 0. The van der Waals surface area contributed by atoms with Crippen LogP contribution in [0.15, 0.2) is 58.3 Å². The fourth-order valence-electron chi connectivity index (χ4n) is 1.66. The van der Waals surface area contributed by atoms with Crippen LogP contribution >= 0.6 is 12.2 Å². The molecule has 0 saturated carbocycles. The van der Waals surface area contributed by atoms with Crippen LogP contribution in [0.2, 0.25) is 0 Å². The molecule has 1 aromatic carbocycles. The van der Waals surface area contributed by atoms with Crippen molar-refractivity contribution in [2.75, 3.05) is 0 Å². The highest BCUT2D eigenvalue weighted by molar-refractivity contribution is 7.71. The van der Waals surface area contributed by atoms with Crippen molar-refractivity contribution >= 4 is 18.4 Å². The second-order valence-corrected chi connectivity index (χ2v) is 4.54. The summed E-state index contributed by atoms with van der Waals surface area (Å²) in [4.78, 5) is 0. The van der Waals surface area contributed by atoms with E-state index in [1.165, 1.54) is 11.0 Å². The van der Waals surface area contributed by atoms with E-state index in [9.17, 15) is 0 Å². The Hall–Kier alpha value is -2.67. The zero-order valence-electron chi connectivity index (χ0n) is 11.0. The summed E-state index contributed by atoms with van der Waals surface area (Å²) in [6.45, 7) is 0.364. The second-order valence-electron chi connectivity index (χ2n) is 4.16. The predicted octanol–water partition coefficient (Wildman–Crippen LogP) is 2.99. The lowest BCUT2D eigenvalue weighted by Crippen LogP contribution is -1.93. The predicted molar refractivity (Wildman–Crippen MR) is 79.9 cm³/mol. The van der Waals surface area contributed by atoms with Gasteiger partial charge in [0.1, 0.15) is 30.2 Å². The monoisotopic (exact) mass is 300 g/mol. The number of H-pyrrole nitrogens is 1. The van der Waals surface area contributed by atoms with Crippen molar-refractivity contribution in [1.82, 2.24) is 14.9 Å². The van der Waals surface area contributed by atoms with Crippen molar-refractivity contribution in [3.63, 3.8) is 0 Å². The van der Waals surface area contributed by atoms with Crippen LogP contribution in [0.25, 0.3) is 0 Å². The van der Waals surface area contributed by atoms with Crippen LogP contribution in [0.3, 0.4) is 0 Å². The molecule has 0 bridgehead atoms. The Labute approximate surface area is 125 Å². The maximum Gasteiger partial charge on any atom is 0.216 e. The summed E-state index contributed by atoms with van der Waals surface area (Å²) in [5.41, 5.74) is 0. The maximum absolute atomic E-state index is 5.60. The van der Waals surface area contributed by atoms with Gasteiger partial charge in [-0.1, -0.05) is 18.2 Å². The molecule has 0 aliphatic heterocycles. The average molecular weight is 300 g/mol. The summed E-state index contributed by atoms with van der Waals surface area (Å²) >= 11 is 4.98. The van der Waals surface area contributed by atoms with E-state index >= 15 is 0 Å². The van der Waals surface area contributed by atoms with E-state index in [2.05, 4.69) is 15.3 Å². The molecule has 0 fully saturated rings. The van der Waals surface area contributed by atoms with Gasteiger partial charge in [-0.3, -0.25) is 5.10 Å². The van der Waals surface area contributed by atoms with Gasteiger partial charge in [0.15, 0.2) is 0 Å². The molecule has 6 nitrogen and oxygen atoms in total. The number of aromatic amines is 1. The van der Waals surface area contributed by atoms with Crippen LogP contribution < -0.4 is 4.74 Å². The standard InChI is InChI=1S/C14H12N4O2S/c21-14-17-15-10-18(14)16-8-12-6-7-13(20-12)9-19-11-4-2-1-3-5-11/h1-8,10H,9H2,(H,17,21)/b16-8-. The van der Waals surface area contributed by atoms with Gasteiger partial charge in [-0.2, -0.15) is 14.9 Å². The van der Waals surface area contributed by atoms with Gasteiger partial charge in [-0.25, -0.2) is 0 Å². The van der Waals surface area contributed by atoms with E-state index in [1.807, 2.05) is 42.5 Å². The van der Waals surface area contributed by atoms with Crippen molar-refractivity contribution in [3.05, 3.63) is 65.1 Å². The lowest BCUT2D eigenvalue weighted by Gasteiger charge is -2.02. The molecule has 21 heavy (non-hydrogen) atoms. The Morgan fingerprint density at radius 2 is 2.14 bits per heavy atom. The van der Waals surface area contributed by atoms with Crippen LogP contribution in [-0.4, -0.2) is 21.1 Å². The fourth-order valence-corrected chi connectivity index (χ4v) is 1.80. The Morgan fingerprint density at radius 1 is 1.29 bits per heavy atom. The second kappa shape index (κ2) is 6.19. The van der Waals surface area contributed by atoms with Crippen molar-refractivity contribution in [3.8, 4) is 5.75 Å². The van der Waals surface area contributed by atoms with Gasteiger partial charge >= 0.3 is 0 Å². The van der Waals surface area contributed by atoms with Crippen molar-refractivity contribution in [1.29, 1.82) is 0 Å². The van der Waals surface area contributed by atoms with Gasteiger partial charge in [0.25, 0.3) is 0 Å². The van der Waals surface area contributed by atoms with E-state index in [0.29, 0.717) is 17.1 Å². The zero-order valence-corrected chi connectivity index (χ0v) is 11.8. The van der Waals surface area contributed by atoms with Crippen LogP contribution in [0.1, 0.15) is 11.5 Å². The molecule has 0 spiro atoms. The lowest BCUT2D eigenvalue weighted by atomic mass is 10.3. The number of nitrogens with zero attached hydrogens (tertiary/aromatic N) is 3. The molecular weight excluding hydrogens is 288 g/mol. The van der Waals surface area contributed by atoms with Crippen molar-refractivity contribution in [2.24, 2.45) is 5.10 Å². The topological polar surface area (TPSA) is 68.3 Å². The minimum Gasteiger partial charge on any atom is -0.486 e. The molecule has 0 atom stereocenters. The van der Waals surface area contributed by atoms with E-state index in [4.69, 9.17) is 21.4 Å². The van der Waals surface area contributed by atoms with Crippen LogP contribution in [0.4, 0.5) is 0 Å². The lowest BCUT2D eigenvalue weighted by molar-refractivity contribution is 0.270. The first-order chi connectivity index (χ1) is 10.3. The third-order valence-corrected chi connectivity index (χ3v) is 2.93. The number of nitrogens with one attached hydrogen (secondary N) is 1. The number of furan rings is 1. The third kappa shape index (κ3) is 3.46. The number of ether oxygens (including phenoxy) is 1. The quantitative estimate of drug-likeness (QED) is 0.581. The molecule has 2 aromatic heterocycles. The average Bonchev–Trinajstić information content (AvgIpc) is 3.13. The van der Waals surface area contributed by atoms with Gasteiger partial charge in [0.2, 0.25) is 4.77 Å². The summed E-state index contributed by atoms with van der Waals surface area (Å²) in [6.07, 6.45) is 3.05. The number of rotatable bonds is 5. The molecule has 0 radical (unpaired) electrons. The highest BCUT2D eigenvalue weighted by Gasteiger charge is 2.01. The van der Waals surface area contributed by atoms with Gasteiger partial charge < -0.3 is 9.15 Å². The molecule has 2 heterocycles. The number of aromatic nitrogens is 3. The van der Waals surface area contributed by atoms with Gasteiger partial charge in [-0.05, 0) is 36.5 Å². The molecule has 0 saturated heterocycles. The van der Waals surface area contributed by atoms with Crippen LogP contribution in [0.5, 0.6) is 5.75 Å². The van der Waals surface area contributed by atoms with Crippen LogP contribution in [-0.2, 0) is 6.61 Å². The van der Waals surface area contributed by atoms with Gasteiger partial charge in [0, 0.05) is 0 Å². The Bertz CT molecular complexity index is 788. The minimum atomic E-state index is 0.364. The molecule has 0 aliphatic carbocycles. The van der Waals surface area contributed by atoms with Crippen molar-refractivity contribution in [2.45, 2.75) is 6.61 Å². The van der Waals surface area contributed by atoms with Gasteiger partial charge in [0.05, 0.1) is 6.21 Å². The van der Waals surface area contributed by atoms with Crippen molar-refractivity contribution < 1.29 is 9.15 Å². The smallest absolute Gasteiger partial charge is 0.216 e. The third-order valence-electron chi connectivity index (χ3n) is 2.65. The summed E-state index contributed by atoms with van der Waals surface area (Å²) in [5.74, 6) is 2.13. The minimum absolute atomic E-state index is 0.364. The largest absolute Gasteiger partial charge is 0.486 e. The summed E-state index contributed by atoms with van der Waals surface area (Å²) in [6, 6.07) is 13.2. The molecule has 3 rings (SSSR count). The van der Waals surface area contributed by atoms with E-state index in [-0.39, 0.29) is 0 Å². The highest BCUT2D eigenvalue weighted by Crippen LogP contribution is 2.13. The summed E-state index contributed by atoms with van der Waals surface area (Å²) in [5, 5.41) is 10.5. The first-order valence-corrected chi connectivity index (χ1v) is 6.65. The fraction of sp³-hybridized carbons (Fsp3) is 0.0714. The molecular formula is C14H12N4O2S. The van der Waals surface area contributed by atoms with E-state index in [0.717, 1.165) is 11.5 Å². The van der Waals surface area contributed by atoms with Gasteiger partial charge in [-0.15, -0.1) is 0 Å². The number of hydrogen-bond donors (Lipinski definition) is 1. The number of para-hydroxylation sites is 1. The first-order valence-electron chi connectivity index (χ1n) is 6.24. The normalized spacial score (nSPS) is 11.0. The highest BCUT2D eigenvalue weighted by atomic mass is 32.1. The SMILES string of the molecule is S=c1[nH]ncn1/N=C\c1ccc(COc2ccccc2)o1.